The Hall–Kier alpha value is -4.20. The molecule has 144 valence electrons. The first-order valence-corrected chi connectivity index (χ1v) is 8.52. The molecular formula is C21H13NO7. The van der Waals surface area contributed by atoms with Crippen LogP contribution in [0.25, 0.3) is 22.5 Å². The molecule has 0 bridgehead atoms. The average molecular weight is 391 g/mol. The molecule has 4 rings (SSSR count). The average Bonchev–Trinajstić information content (AvgIpc) is 3.24. The molecule has 0 spiro atoms. The van der Waals surface area contributed by atoms with E-state index in [1.54, 1.807) is 30.3 Å². The van der Waals surface area contributed by atoms with Crippen LogP contribution in [0.3, 0.4) is 0 Å². The molecule has 0 fully saturated rings. The van der Waals surface area contributed by atoms with Crippen molar-refractivity contribution in [2.24, 2.45) is 0 Å². The third-order valence-electron chi connectivity index (χ3n) is 4.26. The van der Waals surface area contributed by atoms with Crippen molar-refractivity contribution in [1.82, 2.24) is 0 Å². The fourth-order valence-electron chi connectivity index (χ4n) is 2.82. The molecule has 0 aliphatic heterocycles. The molecule has 2 aromatic heterocycles. The molecule has 0 amide bonds. The molecule has 0 saturated heterocycles. The van der Waals surface area contributed by atoms with Crippen LogP contribution in [0.5, 0.6) is 5.75 Å². The number of non-ortho nitro benzene ring substituents is 1. The molecule has 0 radical (unpaired) electrons. The van der Waals surface area contributed by atoms with Crippen molar-refractivity contribution < 1.29 is 23.3 Å². The summed E-state index contributed by atoms with van der Waals surface area (Å²) in [6.45, 7) is 1.86. The van der Waals surface area contributed by atoms with Gasteiger partial charge in [-0.05, 0) is 48.9 Å². The Labute approximate surface area is 163 Å². The molecule has 0 aliphatic rings. The summed E-state index contributed by atoms with van der Waals surface area (Å²) in [6, 6.07) is 13.1. The number of benzene rings is 2. The minimum atomic E-state index is -0.855. The molecule has 4 aromatic rings. The Morgan fingerprint density at radius 1 is 1.10 bits per heavy atom. The summed E-state index contributed by atoms with van der Waals surface area (Å²) in [5, 5.41) is 11.0. The van der Waals surface area contributed by atoms with Gasteiger partial charge in [-0.3, -0.25) is 14.9 Å². The quantitative estimate of drug-likeness (QED) is 0.286. The number of nitro benzene ring substituents is 1. The highest BCUT2D eigenvalue weighted by Gasteiger charge is 2.23. The Balaban J connectivity index is 1.81. The summed E-state index contributed by atoms with van der Waals surface area (Å²) in [5.41, 5.74) is 0.564. The van der Waals surface area contributed by atoms with E-state index in [1.807, 2.05) is 6.92 Å². The summed E-state index contributed by atoms with van der Waals surface area (Å²) >= 11 is 0. The van der Waals surface area contributed by atoms with E-state index in [9.17, 15) is 19.7 Å². The lowest BCUT2D eigenvalue weighted by molar-refractivity contribution is -0.384. The summed E-state index contributed by atoms with van der Waals surface area (Å²) in [5.74, 6) is -0.975. The lowest BCUT2D eigenvalue weighted by atomic mass is 10.1. The number of hydrogen-bond donors (Lipinski definition) is 0. The molecule has 0 aliphatic carbocycles. The lowest BCUT2D eigenvalue weighted by Crippen LogP contribution is -2.16. The molecule has 8 heteroatoms. The fourth-order valence-corrected chi connectivity index (χ4v) is 2.82. The predicted molar refractivity (Wildman–Crippen MR) is 103 cm³/mol. The van der Waals surface area contributed by atoms with Crippen molar-refractivity contribution in [2.75, 3.05) is 0 Å². The minimum Gasteiger partial charge on any atom is -0.461 e. The van der Waals surface area contributed by atoms with Gasteiger partial charge >= 0.3 is 5.97 Å². The van der Waals surface area contributed by atoms with E-state index in [4.69, 9.17) is 13.6 Å². The number of rotatable bonds is 4. The number of hydrogen-bond acceptors (Lipinski definition) is 7. The molecular weight excluding hydrogens is 378 g/mol. The molecule has 0 N–H and O–H groups in total. The third kappa shape index (κ3) is 3.39. The normalized spacial score (nSPS) is 10.8. The highest BCUT2D eigenvalue weighted by Crippen LogP contribution is 2.32. The number of esters is 1. The molecule has 0 atom stereocenters. The maximum atomic E-state index is 13.0. The first-order valence-electron chi connectivity index (χ1n) is 8.52. The maximum Gasteiger partial charge on any atom is 0.343 e. The molecule has 0 saturated carbocycles. The summed E-state index contributed by atoms with van der Waals surface area (Å²) in [4.78, 5) is 35.7. The van der Waals surface area contributed by atoms with Crippen LogP contribution in [-0.2, 0) is 0 Å². The Morgan fingerprint density at radius 2 is 1.86 bits per heavy atom. The van der Waals surface area contributed by atoms with Crippen molar-refractivity contribution in [3.63, 3.8) is 0 Å². The highest BCUT2D eigenvalue weighted by atomic mass is 16.6. The van der Waals surface area contributed by atoms with Crippen molar-refractivity contribution in [1.29, 1.82) is 0 Å². The second kappa shape index (κ2) is 7.08. The maximum absolute atomic E-state index is 13.0. The number of aryl methyl sites for hydroxylation is 1. The zero-order chi connectivity index (χ0) is 20.5. The van der Waals surface area contributed by atoms with Gasteiger partial charge in [0.2, 0.25) is 16.9 Å². The second-order valence-electron chi connectivity index (χ2n) is 6.26. The standard InChI is InChI=1S/C21H13NO7/c1-12-4-9-15-17(11-12)28-19(16-3-2-10-27-16)20(18(15)23)29-21(24)13-5-7-14(8-6-13)22(25)26/h2-11H,1H3. The van der Waals surface area contributed by atoms with E-state index < -0.39 is 16.3 Å². The van der Waals surface area contributed by atoms with Crippen LogP contribution < -0.4 is 10.2 Å². The van der Waals surface area contributed by atoms with E-state index in [0.29, 0.717) is 5.58 Å². The van der Waals surface area contributed by atoms with Crippen LogP contribution in [0.2, 0.25) is 0 Å². The lowest BCUT2D eigenvalue weighted by Gasteiger charge is -2.09. The van der Waals surface area contributed by atoms with E-state index in [2.05, 4.69) is 0 Å². The summed E-state index contributed by atoms with van der Waals surface area (Å²) in [7, 11) is 0. The number of fused-ring (bicyclic) bond motifs is 1. The topological polar surface area (TPSA) is 113 Å². The first-order chi connectivity index (χ1) is 13.9. The summed E-state index contributed by atoms with van der Waals surface area (Å²) in [6.07, 6.45) is 1.40. The number of carbonyl (C=O) groups excluding carboxylic acids is 1. The Kier molecular flexibility index (Phi) is 4.44. The van der Waals surface area contributed by atoms with Crippen molar-refractivity contribution in [3.05, 3.63) is 92.3 Å². The van der Waals surface area contributed by atoms with Gasteiger partial charge in [-0.2, -0.15) is 0 Å². The highest BCUT2D eigenvalue weighted by molar-refractivity contribution is 5.93. The smallest absolute Gasteiger partial charge is 0.343 e. The number of carbonyl (C=O) groups is 1. The van der Waals surface area contributed by atoms with Gasteiger partial charge in [0, 0.05) is 12.1 Å². The van der Waals surface area contributed by atoms with Crippen molar-refractivity contribution in [2.45, 2.75) is 6.92 Å². The van der Waals surface area contributed by atoms with Gasteiger partial charge in [-0.1, -0.05) is 6.07 Å². The van der Waals surface area contributed by atoms with Crippen LogP contribution in [0.1, 0.15) is 15.9 Å². The Bertz CT molecular complexity index is 1290. The second-order valence-corrected chi connectivity index (χ2v) is 6.26. The van der Waals surface area contributed by atoms with E-state index in [-0.39, 0.29) is 33.9 Å². The zero-order valence-corrected chi connectivity index (χ0v) is 15.1. The fraction of sp³-hybridized carbons (Fsp3) is 0.0476. The summed E-state index contributed by atoms with van der Waals surface area (Å²) < 4.78 is 16.5. The van der Waals surface area contributed by atoms with Gasteiger partial charge in [0.25, 0.3) is 5.69 Å². The van der Waals surface area contributed by atoms with E-state index in [0.717, 1.165) is 5.56 Å². The first kappa shape index (κ1) is 18.2. The van der Waals surface area contributed by atoms with Crippen LogP contribution in [-0.4, -0.2) is 10.9 Å². The molecule has 8 nitrogen and oxygen atoms in total. The van der Waals surface area contributed by atoms with Gasteiger partial charge in [-0.15, -0.1) is 0 Å². The van der Waals surface area contributed by atoms with Gasteiger partial charge in [-0.25, -0.2) is 4.79 Å². The number of nitro groups is 1. The van der Waals surface area contributed by atoms with Crippen LogP contribution in [0.4, 0.5) is 5.69 Å². The van der Waals surface area contributed by atoms with Gasteiger partial charge in [0.15, 0.2) is 5.76 Å². The van der Waals surface area contributed by atoms with E-state index >= 15 is 0 Å². The zero-order valence-electron chi connectivity index (χ0n) is 15.1. The molecule has 2 aromatic carbocycles. The van der Waals surface area contributed by atoms with Crippen molar-refractivity contribution in [3.8, 4) is 17.3 Å². The molecule has 29 heavy (non-hydrogen) atoms. The van der Waals surface area contributed by atoms with E-state index in [1.165, 1.54) is 30.5 Å². The van der Waals surface area contributed by atoms with Gasteiger partial charge < -0.3 is 13.6 Å². The predicted octanol–water partition coefficient (Wildman–Crippen LogP) is 4.49. The SMILES string of the molecule is Cc1ccc2c(=O)c(OC(=O)c3ccc([N+](=O)[O-])cc3)c(-c3ccco3)oc2c1. The minimum absolute atomic E-state index is 0.0200. The largest absolute Gasteiger partial charge is 0.461 e. The molecule has 0 unspecified atom stereocenters. The Morgan fingerprint density at radius 3 is 2.52 bits per heavy atom. The van der Waals surface area contributed by atoms with Gasteiger partial charge in [0.1, 0.15) is 5.58 Å². The van der Waals surface area contributed by atoms with Crippen LogP contribution >= 0.6 is 0 Å². The van der Waals surface area contributed by atoms with Crippen LogP contribution in [0.15, 0.2) is 74.5 Å². The number of ether oxygens (including phenoxy) is 1. The van der Waals surface area contributed by atoms with Crippen LogP contribution in [0, 0.1) is 17.0 Å². The van der Waals surface area contributed by atoms with Crippen molar-refractivity contribution >= 4 is 22.6 Å². The monoisotopic (exact) mass is 391 g/mol. The number of furan rings is 1. The molecule has 2 heterocycles. The van der Waals surface area contributed by atoms with Gasteiger partial charge in [0.05, 0.1) is 22.1 Å². The third-order valence-corrected chi connectivity index (χ3v) is 4.26. The number of nitrogens with zero attached hydrogens (tertiary/aromatic N) is 1.